The number of primary amides is 1. The molecule has 4 N–H and O–H groups in total. The zero-order chi connectivity index (χ0) is 13.0. The van der Waals surface area contributed by atoms with Crippen molar-refractivity contribution in [1.29, 1.82) is 0 Å². The summed E-state index contributed by atoms with van der Waals surface area (Å²) in [5.74, 6) is -2.90. The van der Waals surface area contributed by atoms with E-state index in [1.165, 1.54) is 10.9 Å². The molecule has 1 aromatic heterocycles. The third kappa shape index (κ3) is 3.55. The average molecular weight is 241 g/mol. The smallest absolute Gasteiger partial charge is 0.326 e. The van der Waals surface area contributed by atoms with E-state index in [1.807, 2.05) is 0 Å². The highest BCUT2D eigenvalue weighted by molar-refractivity contribution is 5.95. The van der Waals surface area contributed by atoms with Crippen LogP contribution in [0, 0.1) is 0 Å². The number of carboxylic acids is 1. The van der Waals surface area contributed by atoms with Gasteiger partial charge in [-0.25, -0.2) is 4.79 Å². The first-order valence-electron chi connectivity index (χ1n) is 4.58. The molecule has 1 aromatic rings. The van der Waals surface area contributed by atoms with Crippen LogP contribution in [0.3, 0.4) is 0 Å². The number of rotatable bonds is 5. The number of carboxylic acid groups (broad SMARTS) is 1. The molecular formula is C8H11N5O4. The van der Waals surface area contributed by atoms with Crippen LogP contribution in [0.5, 0.6) is 0 Å². The molecule has 0 saturated carbocycles. The lowest BCUT2D eigenvalue weighted by molar-refractivity contribution is -0.140. The van der Waals surface area contributed by atoms with Crippen molar-refractivity contribution in [3.05, 3.63) is 11.9 Å². The topological polar surface area (TPSA) is 140 Å². The summed E-state index contributed by atoms with van der Waals surface area (Å²) in [6, 6.07) is -1.37. The highest BCUT2D eigenvalue weighted by atomic mass is 16.4. The molecule has 1 unspecified atom stereocenters. The van der Waals surface area contributed by atoms with Crippen molar-refractivity contribution in [1.82, 2.24) is 20.3 Å². The Morgan fingerprint density at radius 1 is 1.59 bits per heavy atom. The van der Waals surface area contributed by atoms with Gasteiger partial charge in [-0.3, -0.25) is 14.3 Å². The third-order valence-corrected chi connectivity index (χ3v) is 1.84. The molecule has 0 bridgehead atoms. The lowest BCUT2D eigenvalue weighted by atomic mass is 10.2. The maximum atomic E-state index is 11.5. The van der Waals surface area contributed by atoms with Gasteiger partial charge in [0.05, 0.1) is 12.6 Å². The van der Waals surface area contributed by atoms with Crippen molar-refractivity contribution in [2.75, 3.05) is 0 Å². The van der Waals surface area contributed by atoms with Crippen molar-refractivity contribution < 1.29 is 19.5 Å². The molecule has 0 spiro atoms. The van der Waals surface area contributed by atoms with E-state index in [1.54, 1.807) is 7.05 Å². The summed E-state index contributed by atoms with van der Waals surface area (Å²) in [5.41, 5.74) is 4.83. The van der Waals surface area contributed by atoms with Gasteiger partial charge in [0.2, 0.25) is 5.91 Å². The van der Waals surface area contributed by atoms with Crippen LogP contribution in [-0.2, 0) is 16.6 Å². The predicted octanol–water partition coefficient (Wildman–Crippen LogP) is -2.13. The van der Waals surface area contributed by atoms with E-state index in [0.29, 0.717) is 0 Å². The molecule has 0 aliphatic carbocycles. The number of aliphatic carboxylic acids is 1. The van der Waals surface area contributed by atoms with E-state index >= 15 is 0 Å². The molecule has 2 amide bonds. The lowest BCUT2D eigenvalue weighted by Crippen LogP contribution is -2.43. The molecule has 0 fully saturated rings. The third-order valence-electron chi connectivity index (χ3n) is 1.84. The Morgan fingerprint density at radius 3 is 2.65 bits per heavy atom. The number of nitrogens with zero attached hydrogens (tertiary/aromatic N) is 3. The quantitative estimate of drug-likeness (QED) is 0.538. The minimum Gasteiger partial charge on any atom is -0.480 e. The van der Waals surface area contributed by atoms with Gasteiger partial charge in [-0.1, -0.05) is 5.21 Å². The number of nitrogens with one attached hydrogen (secondary N) is 1. The Labute approximate surface area is 95.6 Å². The molecular weight excluding hydrogens is 230 g/mol. The average Bonchev–Trinajstić information content (AvgIpc) is 2.63. The second-order valence-electron chi connectivity index (χ2n) is 3.31. The van der Waals surface area contributed by atoms with Crippen LogP contribution in [0.25, 0.3) is 0 Å². The summed E-state index contributed by atoms with van der Waals surface area (Å²) in [5, 5.41) is 17.9. The largest absolute Gasteiger partial charge is 0.480 e. The summed E-state index contributed by atoms with van der Waals surface area (Å²) in [4.78, 5) is 32.9. The Bertz CT molecular complexity index is 455. The lowest BCUT2D eigenvalue weighted by Gasteiger charge is -2.11. The normalized spacial score (nSPS) is 11.8. The monoisotopic (exact) mass is 241 g/mol. The molecule has 92 valence electrons. The second kappa shape index (κ2) is 5.05. The number of aryl methyl sites for hydroxylation is 1. The molecule has 1 atom stereocenters. The van der Waals surface area contributed by atoms with Crippen LogP contribution in [0.15, 0.2) is 6.20 Å². The fraction of sp³-hybridized carbons (Fsp3) is 0.375. The van der Waals surface area contributed by atoms with Gasteiger partial charge in [0.25, 0.3) is 5.91 Å². The number of carbonyl (C=O) groups excluding carboxylic acids is 2. The van der Waals surface area contributed by atoms with E-state index in [9.17, 15) is 14.4 Å². The fourth-order valence-electron chi connectivity index (χ4n) is 1.08. The summed E-state index contributed by atoms with van der Waals surface area (Å²) in [6.07, 6.45) is 0.833. The molecule has 1 heterocycles. The van der Waals surface area contributed by atoms with Crippen molar-refractivity contribution in [3.63, 3.8) is 0 Å². The number of carbonyl (C=O) groups is 3. The van der Waals surface area contributed by atoms with E-state index in [0.717, 1.165) is 0 Å². The van der Waals surface area contributed by atoms with E-state index in [2.05, 4.69) is 15.6 Å². The molecule has 0 aromatic carbocycles. The Kier molecular flexibility index (Phi) is 3.75. The van der Waals surface area contributed by atoms with Gasteiger partial charge in [0, 0.05) is 7.05 Å². The second-order valence-corrected chi connectivity index (χ2v) is 3.31. The van der Waals surface area contributed by atoms with Crippen LogP contribution in [0.1, 0.15) is 16.9 Å². The summed E-state index contributed by atoms with van der Waals surface area (Å²) < 4.78 is 1.29. The standard InChI is InChI=1S/C8H11N5O4/c1-13-3-5(11-12-13)7(15)10-4(8(16)17)2-6(9)14/h3-4H,2H2,1H3,(H2,9,14)(H,10,15)(H,16,17). The molecule has 0 radical (unpaired) electrons. The van der Waals surface area contributed by atoms with Crippen molar-refractivity contribution in [2.45, 2.75) is 12.5 Å². The molecule has 1 rings (SSSR count). The number of hydrogen-bond donors (Lipinski definition) is 3. The first kappa shape index (κ1) is 12.6. The highest BCUT2D eigenvalue weighted by Crippen LogP contribution is 1.96. The van der Waals surface area contributed by atoms with Crippen LogP contribution in [0.4, 0.5) is 0 Å². The number of amides is 2. The molecule has 0 aliphatic heterocycles. The van der Waals surface area contributed by atoms with Gasteiger partial charge < -0.3 is 16.2 Å². The van der Waals surface area contributed by atoms with Gasteiger partial charge in [0.15, 0.2) is 5.69 Å². The van der Waals surface area contributed by atoms with Gasteiger partial charge in [-0.2, -0.15) is 0 Å². The molecule has 9 nitrogen and oxygen atoms in total. The van der Waals surface area contributed by atoms with Crippen molar-refractivity contribution >= 4 is 17.8 Å². The summed E-state index contributed by atoms with van der Waals surface area (Å²) >= 11 is 0. The molecule has 9 heteroatoms. The molecule has 0 saturated heterocycles. The van der Waals surface area contributed by atoms with Gasteiger partial charge in [-0.15, -0.1) is 5.10 Å². The SMILES string of the molecule is Cn1cc(C(=O)NC(CC(N)=O)C(=O)O)nn1. The zero-order valence-corrected chi connectivity index (χ0v) is 8.95. The van der Waals surface area contributed by atoms with Crippen LogP contribution >= 0.6 is 0 Å². The minimum atomic E-state index is -1.37. The van der Waals surface area contributed by atoms with E-state index in [-0.39, 0.29) is 5.69 Å². The van der Waals surface area contributed by atoms with Gasteiger partial charge >= 0.3 is 5.97 Å². The van der Waals surface area contributed by atoms with E-state index in [4.69, 9.17) is 10.8 Å². The number of nitrogens with two attached hydrogens (primary N) is 1. The number of hydrogen-bond acceptors (Lipinski definition) is 5. The number of aromatic nitrogens is 3. The van der Waals surface area contributed by atoms with Crippen LogP contribution in [-0.4, -0.2) is 43.9 Å². The molecule has 0 aliphatic rings. The Hall–Kier alpha value is -2.45. The van der Waals surface area contributed by atoms with Crippen LogP contribution < -0.4 is 11.1 Å². The van der Waals surface area contributed by atoms with Crippen molar-refractivity contribution in [2.24, 2.45) is 12.8 Å². The van der Waals surface area contributed by atoms with Gasteiger partial charge in [-0.05, 0) is 0 Å². The maximum Gasteiger partial charge on any atom is 0.326 e. The zero-order valence-electron chi connectivity index (χ0n) is 8.95. The van der Waals surface area contributed by atoms with E-state index < -0.39 is 30.2 Å². The fourth-order valence-corrected chi connectivity index (χ4v) is 1.08. The summed E-state index contributed by atoms with van der Waals surface area (Å²) in [6.45, 7) is 0. The molecule has 17 heavy (non-hydrogen) atoms. The maximum absolute atomic E-state index is 11.5. The van der Waals surface area contributed by atoms with Crippen LogP contribution in [0.2, 0.25) is 0 Å². The first-order valence-corrected chi connectivity index (χ1v) is 4.58. The minimum absolute atomic E-state index is 0.0387. The first-order chi connectivity index (χ1) is 7.90. The highest BCUT2D eigenvalue weighted by Gasteiger charge is 2.23. The van der Waals surface area contributed by atoms with Gasteiger partial charge in [0.1, 0.15) is 6.04 Å². The summed E-state index contributed by atoms with van der Waals surface area (Å²) in [7, 11) is 1.56. The Morgan fingerprint density at radius 2 is 2.24 bits per heavy atom. The Balaban J connectivity index is 2.70. The van der Waals surface area contributed by atoms with Crippen molar-refractivity contribution in [3.8, 4) is 0 Å². The predicted molar refractivity (Wildman–Crippen MR) is 53.7 cm³/mol.